The third kappa shape index (κ3) is 21.1. The maximum Gasteiger partial charge on any atom is 0.409 e. The molecule has 5 heterocycles. The van der Waals surface area contributed by atoms with Crippen molar-refractivity contribution in [2.75, 3.05) is 71.5 Å². The van der Waals surface area contributed by atoms with Gasteiger partial charge >= 0.3 is 20.4 Å². The second-order valence-electron chi connectivity index (χ2n) is 29.2. The van der Waals surface area contributed by atoms with Crippen LogP contribution in [0.15, 0.2) is 212 Å². The second-order valence-corrected chi connectivity index (χ2v) is 31.7. The van der Waals surface area contributed by atoms with Crippen molar-refractivity contribution in [1.82, 2.24) is 44.0 Å². The van der Waals surface area contributed by atoms with Crippen molar-refractivity contribution in [1.29, 1.82) is 10.5 Å². The number of amides is 4. The molecule has 0 saturated carbocycles. The van der Waals surface area contributed by atoms with E-state index in [1.807, 2.05) is 161 Å². The number of carbonyl (C=O) groups is 4. The van der Waals surface area contributed by atoms with Gasteiger partial charge in [-0.05, 0) is 127 Å². The molecule has 3 N–H and O–H groups in total. The predicted molar refractivity (Wildman–Crippen MR) is 445 cm³/mol. The van der Waals surface area contributed by atoms with Gasteiger partial charge in [0, 0.05) is 69.2 Å². The summed E-state index contributed by atoms with van der Waals surface area (Å²) >= 11 is 0. The number of carbonyl (C=O) groups excluding carboxylic acids is 4. The van der Waals surface area contributed by atoms with Crippen molar-refractivity contribution < 1.29 is 70.2 Å². The number of ether oxygens (including phenoxy) is 6. The van der Waals surface area contributed by atoms with E-state index in [9.17, 15) is 34.5 Å². The number of hydrogen-bond acceptors (Lipinski definition) is 23. The lowest BCUT2D eigenvalue weighted by molar-refractivity contribution is -0.120. The third-order valence-corrected chi connectivity index (χ3v) is 24.0. The summed E-state index contributed by atoms with van der Waals surface area (Å²) in [5.74, 6) is 0.222. The van der Waals surface area contributed by atoms with E-state index in [0.29, 0.717) is 23.6 Å². The Bertz CT molecular complexity index is 5130. The van der Waals surface area contributed by atoms with Crippen LogP contribution >= 0.6 is 17.1 Å². The number of rotatable bonds is 39. The van der Waals surface area contributed by atoms with Gasteiger partial charge in [0.1, 0.15) is 60.5 Å². The van der Waals surface area contributed by atoms with Gasteiger partial charge < -0.3 is 71.9 Å². The van der Waals surface area contributed by atoms with Crippen LogP contribution in [0.25, 0.3) is 22.3 Å². The first-order valence-electron chi connectivity index (χ1n) is 39.4. The summed E-state index contributed by atoms with van der Waals surface area (Å²) in [4.78, 5) is 87.5. The molecule has 3 aromatic heterocycles. The van der Waals surface area contributed by atoms with Crippen molar-refractivity contribution in [2.24, 2.45) is 0 Å². The molecule has 13 rings (SSSR count). The summed E-state index contributed by atoms with van der Waals surface area (Å²) in [6, 6.07) is 63.0. The van der Waals surface area contributed by atoms with E-state index < -0.39 is 77.3 Å². The van der Waals surface area contributed by atoms with Crippen LogP contribution in [0.1, 0.15) is 134 Å². The highest BCUT2D eigenvalue weighted by atomic mass is 31.2. The van der Waals surface area contributed by atoms with Gasteiger partial charge in [0.2, 0.25) is 11.8 Å². The molecule has 2 aliphatic heterocycles. The number of methoxy groups -OCH3 is 2. The van der Waals surface area contributed by atoms with Gasteiger partial charge in [0.15, 0.2) is 17.0 Å². The van der Waals surface area contributed by atoms with E-state index in [1.54, 1.807) is 56.4 Å². The fraction of sp³-hybridized carbons (Fsp3) is 0.352. The molecule has 1 aliphatic carbocycles. The van der Waals surface area contributed by atoms with Gasteiger partial charge in [-0.2, -0.15) is 15.5 Å². The van der Waals surface area contributed by atoms with Crippen LogP contribution in [0.5, 0.6) is 11.5 Å². The summed E-state index contributed by atoms with van der Waals surface area (Å²) in [7, 11) is 0.473. The first-order valence-corrected chi connectivity index (χ1v) is 41.6. The van der Waals surface area contributed by atoms with Crippen LogP contribution < -0.4 is 31.1 Å². The van der Waals surface area contributed by atoms with Gasteiger partial charge in [-0.1, -0.05) is 146 Å². The summed E-state index contributed by atoms with van der Waals surface area (Å²) in [5, 5.41) is 28.2. The lowest BCUT2D eigenvalue weighted by Gasteiger charge is -2.37. The van der Waals surface area contributed by atoms with Gasteiger partial charge in [-0.15, -0.1) is 0 Å². The Morgan fingerprint density at radius 1 is 0.630 bits per heavy atom. The van der Waals surface area contributed by atoms with Crippen molar-refractivity contribution in [3.05, 3.63) is 262 Å². The smallest absolute Gasteiger partial charge is 0.409 e. The molecule has 119 heavy (non-hydrogen) atoms. The van der Waals surface area contributed by atoms with Gasteiger partial charge in [-0.3, -0.25) is 23.5 Å². The zero-order chi connectivity index (χ0) is 83.4. The van der Waals surface area contributed by atoms with E-state index in [-0.39, 0.29) is 137 Å². The SMILES string of the molecule is COc1ccc(C(OCC2OC(n3cnc4c(NC(=O)CCCN(C)C(=O)OCC5c6ccccc6-c6ccccc65)ncnc43)CC2OP(OCCC#N)OCC2OC(n3ccc(NC(=O)c4ccc(CNC(=O)Cc5ccccc5)cc4)nc3=O)CC2OP(OCCC#N)N(C(C)C)C(C)C)(c2ccccc2)c2ccc(OC)cc2)cc1. The first-order chi connectivity index (χ1) is 57.9. The molecule has 10 aromatic rings. The molecule has 2 fully saturated rings. The molecule has 2 saturated heterocycles. The molecule has 0 radical (unpaired) electrons. The number of fused-ring (bicyclic) bond motifs is 4. The minimum atomic E-state index is -2.46. The van der Waals surface area contributed by atoms with Crippen molar-refractivity contribution in [3.8, 4) is 34.8 Å². The van der Waals surface area contributed by atoms with Crippen molar-refractivity contribution in [2.45, 2.75) is 140 Å². The molecule has 31 heteroatoms. The topological polar surface area (TPSA) is 338 Å². The molecule has 0 spiro atoms. The Morgan fingerprint density at radius 3 is 1.84 bits per heavy atom. The number of nitrogens with zero attached hydrogens (tertiary/aromatic N) is 10. The molecule has 618 valence electrons. The Labute approximate surface area is 692 Å². The van der Waals surface area contributed by atoms with E-state index in [4.69, 9.17) is 56.0 Å². The largest absolute Gasteiger partial charge is 0.497 e. The Balaban J connectivity index is 0.751. The Kier molecular flexibility index (Phi) is 29.4. The average Bonchev–Trinajstić information content (AvgIpc) is 0.871. The van der Waals surface area contributed by atoms with Crippen LogP contribution in [0.2, 0.25) is 0 Å². The Hall–Kier alpha value is -11.3. The van der Waals surface area contributed by atoms with E-state index in [1.165, 1.54) is 28.1 Å². The molecule has 8 unspecified atom stereocenters. The highest BCUT2D eigenvalue weighted by molar-refractivity contribution is 7.44. The van der Waals surface area contributed by atoms with E-state index in [2.05, 4.69) is 72.0 Å². The molecule has 3 aliphatic rings. The molecular weight excluding hydrogens is 1560 g/mol. The monoisotopic (exact) mass is 1650 g/mol. The summed E-state index contributed by atoms with van der Waals surface area (Å²) in [5.41, 5.74) is 7.17. The number of aromatic nitrogens is 6. The molecule has 8 atom stereocenters. The zero-order valence-electron chi connectivity index (χ0n) is 67.1. The van der Waals surface area contributed by atoms with Gasteiger partial charge in [-0.25, -0.2) is 29.2 Å². The summed E-state index contributed by atoms with van der Waals surface area (Å²) < 4.78 is 77.6. The summed E-state index contributed by atoms with van der Waals surface area (Å²) in [6.45, 7) is 8.23. The quantitative estimate of drug-likeness (QED) is 0.0183. The normalized spacial score (nSPS) is 17.4. The lowest BCUT2D eigenvalue weighted by Crippen LogP contribution is -2.38. The fourth-order valence-corrected chi connectivity index (χ4v) is 17.7. The molecule has 0 bridgehead atoms. The van der Waals surface area contributed by atoms with Gasteiger partial charge in [0.05, 0.1) is 90.6 Å². The molecule has 7 aromatic carbocycles. The van der Waals surface area contributed by atoms with E-state index in [0.717, 1.165) is 50.1 Å². The third-order valence-electron chi connectivity index (χ3n) is 20.6. The number of hydrogen-bond donors (Lipinski definition) is 3. The van der Waals surface area contributed by atoms with Crippen molar-refractivity contribution in [3.63, 3.8) is 0 Å². The number of nitriles is 2. The standard InChI is InChI=1S/C88H95N13O16P2/c1-58(2)101(59(3)4)118(111-47-19-43-89)116-73-50-80(99-46-42-77(96-86(99)105)95-85(104)62-32-30-61(31-33-62)52-91-79(103)49-60-21-10-8-11-22-60)115-76(73)55-113-119(112-48-20-44-90)117-74-51-81(114-75(74)54-110-88(63-23-12-9-13-24-63,64-34-38-66(107-6)39-35-64)65-36-40-67(108-7)41-37-65)100-57-94-82-83(92-56-93-84(82)100)97-78(102)29-18-45-98(5)87(106)109-53-72-70-27-16-14-25-68(70)69-26-15-17-28-71(69)72/h8-17,21-28,30-42,46,56-59,72-76,80-81H,18-20,29,45,47-55H2,1-7H3,(H,91,103)(H,92,93,97,102)(H,95,96,104,105). The van der Waals surface area contributed by atoms with Crippen LogP contribution in [0.4, 0.5) is 16.4 Å². The van der Waals surface area contributed by atoms with E-state index >= 15 is 0 Å². The zero-order valence-corrected chi connectivity index (χ0v) is 68.9. The number of benzene rings is 7. The van der Waals surface area contributed by atoms with Crippen LogP contribution in [-0.2, 0) is 69.7 Å². The average molecular weight is 1650 g/mol. The second kappa shape index (κ2) is 40.9. The number of anilines is 2. The van der Waals surface area contributed by atoms with Crippen molar-refractivity contribution >= 4 is 63.7 Å². The minimum absolute atomic E-state index is 0.0179. The highest BCUT2D eigenvalue weighted by Crippen LogP contribution is 2.53. The Morgan fingerprint density at radius 2 is 1.22 bits per heavy atom. The van der Waals surface area contributed by atoms with Crippen LogP contribution in [0, 0.1) is 22.7 Å². The minimum Gasteiger partial charge on any atom is -0.497 e. The van der Waals surface area contributed by atoms with Crippen LogP contribution in [0.3, 0.4) is 0 Å². The predicted octanol–water partition coefficient (Wildman–Crippen LogP) is 14.6. The maximum absolute atomic E-state index is 14.3. The number of imidazole rings is 1. The number of nitrogens with one attached hydrogen (secondary N) is 3. The fourth-order valence-electron chi connectivity index (χ4n) is 14.8. The van der Waals surface area contributed by atoms with Crippen LogP contribution in [-0.4, -0.2) is 160 Å². The molecule has 29 nitrogen and oxygen atoms in total. The highest BCUT2D eigenvalue weighted by Gasteiger charge is 2.47. The lowest BCUT2D eigenvalue weighted by atomic mass is 9.80. The summed E-state index contributed by atoms with van der Waals surface area (Å²) in [6.07, 6.45) is -0.990. The maximum atomic E-state index is 14.3. The first kappa shape index (κ1) is 85.6. The molecular formula is C88H95N13O16P2. The molecule has 4 amide bonds. The van der Waals surface area contributed by atoms with Gasteiger partial charge in [0.25, 0.3) is 14.4 Å².